The number of nitrogens with one attached hydrogen (secondary N) is 2. The second-order valence-corrected chi connectivity index (χ2v) is 6.50. The number of carbonyl (C=O) groups is 3. The second-order valence-electron chi connectivity index (χ2n) is 6.06. The molecule has 6 nitrogen and oxygen atoms in total. The zero-order chi connectivity index (χ0) is 18.8. The zero-order valence-electron chi connectivity index (χ0n) is 14.5. The topological polar surface area (TPSA) is 84.5 Å². The first kappa shape index (κ1) is 20.0. The van der Waals surface area contributed by atoms with E-state index in [9.17, 15) is 14.4 Å². The van der Waals surface area contributed by atoms with E-state index < -0.39 is 5.92 Å². The summed E-state index contributed by atoms with van der Waals surface area (Å²) in [5.41, 5.74) is 0.938. The van der Waals surface area contributed by atoms with Gasteiger partial charge in [-0.3, -0.25) is 14.4 Å². The molecular formula is C19H23ClN2O4. The van der Waals surface area contributed by atoms with Crippen LogP contribution in [0.1, 0.15) is 31.2 Å². The molecule has 2 N–H and O–H groups in total. The number of cyclic esters (lactones) is 1. The van der Waals surface area contributed by atoms with Crippen molar-refractivity contribution in [1.82, 2.24) is 10.6 Å². The molecule has 0 saturated carbocycles. The summed E-state index contributed by atoms with van der Waals surface area (Å²) >= 11 is 5.84. The number of hydrogen-bond donors (Lipinski definition) is 2. The van der Waals surface area contributed by atoms with Crippen molar-refractivity contribution in [3.05, 3.63) is 47.0 Å². The van der Waals surface area contributed by atoms with E-state index in [0.29, 0.717) is 30.8 Å². The Hall–Kier alpha value is -2.34. The van der Waals surface area contributed by atoms with Crippen molar-refractivity contribution in [3.63, 3.8) is 0 Å². The molecule has 140 valence electrons. The Labute approximate surface area is 157 Å². The summed E-state index contributed by atoms with van der Waals surface area (Å²) in [6.45, 7) is 0.775. The average Bonchev–Trinajstić information content (AvgIpc) is 2.62. The third-order valence-corrected chi connectivity index (χ3v) is 4.22. The SMILES string of the molecule is O=C(C[C@H]1CC=CCCC(=O)OCCNC1=O)NCc1ccc(Cl)cc1. The fourth-order valence-corrected chi connectivity index (χ4v) is 2.64. The van der Waals surface area contributed by atoms with E-state index in [1.54, 1.807) is 12.1 Å². The highest BCUT2D eigenvalue weighted by atomic mass is 35.5. The zero-order valence-corrected chi connectivity index (χ0v) is 15.3. The molecule has 0 aromatic heterocycles. The number of carbonyl (C=O) groups excluding carboxylic acids is 3. The molecule has 0 aliphatic carbocycles. The van der Waals surface area contributed by atoms with Crippen LogP contribution < -0.4 is 10.6 Å². The van der Waals surface area contributed by atoms with Gasteiger partial charge in [0.2, 0.25) is 11.8 Å². The molecule has 0 spiro atoms. The van der Waals surface area contributed by atoms with Crippen LogP contribution in [-0.4, -0.2) is 30.9 Å². The lowest BCUT2D eigenvalue weighted by atomic mass is 9.99. The first-order chi connectivity index (χ1) is 12.5. The number of ether oxygens (including phenoxy) is 1. The summed E-state index contributed by atoms with van der Waals surface area (Å²) < 4.78 is 5.00. The first-order valence-corrected chi connectivity index (χ1v) is 9.02. The summed E-state index contributed by atoms with van der Waals surface area (Å²) in [5, 5.41) is 6.18. The molecule has 1 atom stereocenters. The van der Waals surface area contributed by atoms with Gasteiger partial charge >= 0.3 is 5.97 Å². The van der Waals surface area contributed by atoms with Crippen LogP contribution in [0.15, 0.2) is 36.4 Å². The van der Waals surface area contributed by atoms with Crippen molar-refractivity contribution in [2.45, 2.75) is 32.2 Å². The molecule has 1 aliphatic heterocycles. The van der Waals surface area contributed by atoms with Crippen LogP contribution in [0.5, 0.6) is 0 Å². The molecule has 0 radical (unpaired) electrons. The number of allylic oxidation sites excluding steroid dienone is 2. The molecule has 1 aromatic rings. The third kappa shape index (κ3) is 7.27. The molecule has 0 saturated heterocycles. The highest BCUT2D eigenvalue weighted by molar-refractivity contribution is 6.30. The standard InChI is InChI=1S/C19H23ClN2O4/c20-16-8-6-14(7-9-16)13-22-17(23)12-15-4-2-1-3-5-18(24)26-11-10-21-19(15)25/h1-2,6-9,15H,3-5,10-13H2,(H,21,25)(H,22,23)/t15-/m1/s1. The van der Waals surface area contributed by atoms with Crippen LogP contribution in [0.25, 0.3) is 0 Å². The highest BCUT2D eigenvalue weighted by Crippen LogP contribution is 2.13. The van der Waals surface area contributed by atoms with Crippen LogP contribution in [-0.2, 0) is 25.7 Å². The van der Waals surface area contributed by atoms with Crippen molar-refractivity contribution in [2.75, 3.05) is 13.2 Å². The van der Waals surface area contributed by atoms with E-state index in [-0.39, 0.29) is 37.4 Å². The van der Waals surface area contributed by atoms with E-state index >= 15 is 0 Å². The van der Waals surface area contributed by atoms with Crippen molar-refractivity contribution in [2.24, 2.45) is 5.92 Å². The van der Waals surface area contributed by atoms with Crippen molar-refractivity contribution in [3.8, 4) is 0 Å². The van der Waals surface area contributed by atoms with Crippen LogP contribution in [0, 0.1) is 5.92 Å². The maximum absolute atomic E-state index is 12.3. The van der Waals surface area contributed by atoms with Gasteiger partial charge in [0.15, 0.2) is 0 Å². The smallest absolute Gasteiger partial charge is 0.306 e. The van der Waals surface area contributed by atoms with Gasteiger partial charge in [-0.2, -0.15) is 0 Å². The van der Waals surface area contributed by atoms with Crippen LogP contribution in [0.2, 0.25) is 5.02 Å². The van der Waals surface area contributed by atoms with E-state index in [2.05, 4.69) is 10.6 Å². The van der Waals surface area contributed by atoms with Crippen LogP contribution in [0.4, 0.5) is 0 Å². The van der Waals surface area contributed by atoms with Gasteiger partial charge in [-0.05, 0) is 30.5 Å². The molecule has 0 fully saturated rings. The van der Waals surface area contributed by atoms with Crippen molar-refractivity contribution in [1.29, 1.82) is 0 Å². The lowest BCUT2D eigenvalue weighted by Gasteiger charge is -2.16. The lowest BCUT2D eigenvalue weighted by molar-refractivity contribution is -0.144. The molecule has 7 heteroatoms. The fourth-order valence-electron chi connectivity index (χ4n) is 2.52. The Morgan fingerprint density at radius 2 is 2.00 bits per heavy atom. The molecule has 0 bridgehead atoms. The molecule has 2 rings (SSSR count). The number of benzene rings is 1. The van der Waals surface area contributed by atoms with Crippen molar-refractivity contribution < 1.29 is 19.1 Å². The number of esters is 1. The highest BCUT2D eigenvalue weighted by Gasteiger charge is 2.21. The van der Waals surface area contributed by atoms with Gasteiger partial charge in [0.1, 0.15) is 6.61 Å². The Balaban J connectivity index is 1.87. The van der Waals surface area contributed by atoms with Crippen molar-refractivity contribution >= 4 is 29.4 Å². The Kier molecular flexibility index (Phi) is 8.15. The van der Waals surface area contributed by atoms with Gasteiger partial charge in [0.05, 0.1) is 12.5 Å². The van der Waals surface area contributed by atoms with Gasteiger partial charge < -0.3 is 15.4 Å². The van der Waals surface area contributed by atoms with Gasteiger partial charge in [-0.15, -0.1) is 0 Å². The summed E-state index contributed by atoms with van der Waals surface area (Å²) in [6, 6.07) is 7.21. The molecular weight excluding hydrogens is 356 g/mol. The maximum Gasteiger partial charge on any atom is 0.306 e. The summed E-state index contributed by atoms with van der Waals surface area (Å²) in [6.07, 6.45) is 5.12. The fraction of sp³-hybridized carbons (Fsp3) is 0.421. The summed E-state index contributed by atoms with van der Waals surface area (Å²) in [5.74, 6) is -1.13. The largest absolute Gasteiger partial charge is 0.464 e. The van der Waals surface area contributed by atoms with Crippen LogP contribution >= 0.6 is 11.6 Å². The van der Waals surface area contributed by atoms with Crippen LogP contribution in [0.3, 0.4) is 0 Å². The number of rotatable bonds is 4. The Bertz CT molecular complexity index is 658. The predicted octanol–water partition coefficient (Wildman–Crippen LogP) is 2.36. The number of halogens is 1. The predicted molar refractivity (Wildman–Crippen MR) is 98.4 cm³/mol. The lowest BCUT2D eigenvalue weighted by Crippen LogP contribution is -2.36. The Morgan fingerprint density at radius 1 is 1.23 bits per heavy atom. The summed E-state index contributed by atoms with van der Waals surface area (Å²) in [4.78, 5) is 35.9. The van der Waals surface area contributed by atoms with E-state index in [0.717, 1.165) is 5.56 Å². The normalized spacial score (nSPS) is 18.9. The van der Waals surface area contributed by atoms with E-state index in [4.69, 9.17) is 16.3 Å². The molecule has 1 aromatic carbocycles. The quantitative estimate of drug-likeness (QED) is 0.622. The van der Waals surface area contributed by atoms with E-state index in [1.165, 1.54) is 0 Å². The monoisotopic (exact) mass is 378 g/mol. The maximum atomic E-state index is 12.3. The third-order valence-electron chi connectivity index (χ3n) is 3.97. The molecule has 0 unspecified atom stereocenters. The molecule has 26 heavy (non-hydrogen) atoms. The second kappa shape index (κ2) is 10.6. The molecule has 1 heterocycles. The molecule has 2 amide bonds. The van der Waals surface area contributed by atoms with Gasteiger partial charge in [-0.1, -0.05) is 35.9 Å². The first-order valence-electron chi connectivity index (χ1n) is 8.64. The van der Waals surface area contributed by atoms with Gasteiger partial charge in [-0.25, -0.2) is 0 Å². The molecule has 1 aliphatic rings. The van der Waals surface area contributed by atoms with E-state index in [1.807, 2.05) is 24.3 Å². The Morgan fingerprint density at radius 3 is 2.77 bits per heavy atom. The average molecular weight is 379 g/mol. The summed E-state index contributed by atoms with van der Waals surface area (Å²) in [7, 11) is 0. The number of hydrogen-bond acceptors (Lipinski definition) is 4. The minimum atomic E-state index is -0.452. The number of amides is 2. The van der Waals surface area contributed by atoms with Gasteiger partial charge in [0.25, 0.3) is 0 Å². The minimum Gasteiger partial charge on any atom is -0.464 e. The van der Waals surface area contributed by atoms with Gasteiger partial charge in [0, 0.05) is 24.4 Å². The minimum absolute atomic E-state index is 0.101.